The Bertz CT molecular complexity index is 566. The molecule has 1 aromatic rings. The van der Waals surface area contributed by atoms with Crippen molar-refractivity contribution in [3.05, 3.63) is 23.3 Å². The second-order valence-corrected chi connectivity index (χ2v) is 7.29. The van der Waals surface area contributed by atoms with E-state index in [2.05, 4.69) is 29.3 Å². The Morgan fingerprint density at radius 3 is 3.09 bits per heavy atom. The van der Waals surface area contributed by atoms with E-state index in [1.54, 1.807) is 7.11 Å². The number of fused-ring (bicyclic) bond motifs is 1. The Balaban J connectivity index is 1.55. The molecule has 0 aromatic heterocycles. The number of hydrogen-bond acceptors (Lipinski definition) is 4. The molecule has 2 fully saturated rings. The quantitative estimate of drug-likeness (QED) is 0.928. The molecule has 3 aliphatic rings. The molecule has 1 N–H and O–H groups in total. The maximum absolute atomic E-state index is 6.07. The molecule has 0 bridgehead atoms. The van der Waals surface area contributed by atoms with E-state index < -0.39 is 0 Å². The Morgan fingerprint density at radius 2 is 2.32 bits per heavy atom. The van der Waals surface area contributed by atoms with E-state index in [9.17, 15) is 0 Å². The average Bonchev–Trinajstić information content (AvgIpc) is 3.20. The summed E-state index contributed by atoms with van der Waals surface area (Å²) >= 11 is 0. The molecule has 120 valence electrons. The Labute approximate surface area is 132 Å². The predicted molar refractivity (Wildman–Crippen MR) is 86.6 cm³/mol. The number of benzene rings is 1. The minimum Gasteiger partial charge on any atom is -0.497 e. The van der Waals surface area contributed by atoms with Crippen LogP contribution >= 0.6 is 0 Å². The molecule has 22 heavy (non-hydrogen) atoms. The first kappa shape index (κ1) is 14.3. The Hall–Kier alpha value is -1.26. The van der Waals surface area contributed by atoms with Crippen LogP contribution in [0.15, 0.2) is 12.1 Å². The molecule has 3 heterocycles. The van der Waals surface area contributed by atoms with Gasteiger partial charge in [0.05, 0.1) is 7.11 Å². The molecular formula is C18H26N2O2. The molecule has 1 aromatic carbocycles. The normalized spacial score (nSPS) is 30.7. The van der Waals surface area contributed by atoms with Crippen LogP contribution in [0.5, 0.6) is 11.5 Å². The van der Waals surface area contributed by atoms with Crippen molar-refractivity contribution >= 4 is 0 Å². The number of hydrogen-bond donors (Lipinski definition) is 1. The third-order valence-corrected chi connectivity index (χ3v) is 5.52. The fourth-order valence-corrected chi connectivity index (χ4v) is 4.36. The molecule has 2 atom stereocenters. The van der Waals surface area contributed by atoms with Gasteiger partial charge in [-0.15, -0.1) is 0 Å². The van der Waals surface area contributed by atoms with Crippen LogP contribution in [0.4, 0.5) is 0 Å². The first-order valence-electron chi connectivity index (χ1n) is 8.47. The van der Waals surface area contributed by atoms with E-state index in [0.717, 1.165) is 24.5 Å². The van der Waals surface area contributed by atoms with Gasteiger partial charge in [0, 0.05) is 37.2 Å². The van der Waals surface area contributed by atoms with Crippen molar-refractivity contribution in [1.29, 1.82) is 0 Å². The van der Waals surface area contributed by atoms with Gasteiger partial charge in [-0.2, -0.15) is 0 Å². The molecule has 0 amide bonds. The number of likely N-dealkylation sites (tertiary alicyclic amines) is 1. The SMILES string of the molecule is COc1cc2c(c(CN3CCC4(CCNC4)C3)c1)OC(C)C2. The smallest absolute Gasteiger partial charge is 0.127 e. The van der Waals surface area contributed by atoms with Crippen LogP contribution in [0.3, 0.4) is 0 Å². The summed E-state index contributed by atoms with van der Waals surface area (Å²) in [5.74, 6) is 2.07. The van der Waals surface area contributed by atoms with Crippen LogP contribution in [0.1, 0.15) is 30.9 Å². The van der Waals surface area contributed by atoms with Gasteiger partial charge in [0.2, 0.25) is 0 Å². The summed E-state index contributed by atoms with van der Waals surface area (Å²) in [5, 5.41) is 3.53. The molecule has 0 radical (unpaired) electrons. The lowest BCUT2D eigenvalue weighted by Crippen LogP contribution is -2.29. The molecule has 4 heteroatoms. The van der Waals surface area contributed by atoms with E-state index >= 15 is 0 Å². The summed E-state index contributed by atoms with van der Waals surface area (Å²) < 4.78 is 11.6. The Morgan fingerprint density at radius 1 is 1.41 bits per heavy atom. The number of nitrogens with one attached hydrogen (secondary N) is 1. The van der Waals surface area contributed by atoms with Crippen molar-refractivity contribution in [3.63, 3.8) is 0 Å². The zero-order chi connectivity index (χ0) is 15.2. The molecule has 2 saturated heterocycles. The first-order valence-corrected chi connectivity index (χ1v) is 8.47. The minimum absolute atomic E-state index is 0.282. The summed E-state index contributed by atoms with van der Waals surface area (Å²) in [6.45, 7) is 7.90. The van der Waals surface area contributed by atoms with Crippen molar-refractivity contribution in [3.8, 4) is 11.5 Å². The zero-order valence-electron chi connectivity index (χ0n) is 13.7. The molecule has 0 aliphatic carbocycles. The first-order chi connectivity index (χ1) is 10.7. The monoisotopic (exact) mass is 302 g/mol. The third-order valence-electron chi connectivity index (χ3n) is 5.52. The van der Waals surface area contributed by atoms with E-state index in [1.165, 1.54) is 50.1 Å². The maximum atomic E-state index is 6.07. The van der Waals surface area contributed by atoms with Gasteiger partial charge in [-0.25, -0.2) is 0 Å². The standard InChI is InChI=1S/C18H26N2O2/c1-13-7-14-8-16(21-2)9-15(17(14)22-13)10-20-6-4-18(12-20)3-5-19-11-18/h8-9,13,19H,3-7,10-12H2,1-2H3. The predicted octanol–water partition coefficient (Wildman–Crippen LogP) is 2.20. The highest BCUT2D eigenvalue weighted by Gasteiger charge is 2.40. The van der Waals surface area contributed by atoms with Crippen molar-refractivity contribution in [2.45, 2.75) is 38.8 Å². The van der Waals surface area contributed by atoms with E-state index in [4.69, 9.17) is 9.47 Å². The van der Waals surface area contributed by atoms with Crippen molar-refractivity contribution < 1.29 is 9.47 Å². The van der Waals surface area contributed by atoms with Crippen molar-refractivity contribution in [1.82, 2.24) is 10.2 Å². The average molecular weight is 302 g/mol. The van der Waals surface area contributed by atoms with Gasteiger partial charge in [0.15, 0.2) is 0 Å². The van der Waals surface area contributed by atoms with E-state index in [1.807, 2.05) is 0 Å². The highest BCUT2D eigenvalue weighted by molar-refractivity contribution is 5.49. The van der Waals surface area contributed by atoms with Gasteiger partial charge in [-0.05, 0) is 50.4 Å². The molecule has 3 aliphatic heterocycles. The largest absolute Gasteiger partial charge is 0.497 e. The van der Waals surface area contributed by atoms with Gasteiger partial charge in [0.1, 0.15) is 17.6 Å². The van der Waals surface area contributed by atoms with Crippen molar-refractivity contribution in [2.24, 2.45) is 5.41 Å². The number of ether oxygens (including phenoxy) is 2. The van der Waals surface area contributed by atoms with Crippen molar-refractivity contribution in [2.75, 3.05) is 33.3 Å². The second kappa shape index (κ2) is 5.43. The summed E-state index contributed by atoms with van der Waals surface area (Å²) in [6, 6.07) is 4.30. The van der Waals surface area contributed by atoms with Crippen LogP contribution < -0.4 is 14.8 Å². The zero-order valence-corrected chi connectivity index (χ0v) is 13.7. The van der Waals surface area contributed by atoms with Gasteiger partial charge in [0.25, 0.3) is 0 Å². The molecule has 1 spiro atoms. The topological polar surface area (TPSA) is 33.7 Å². The molecule has 4 rings (SSSR count). The highest BCUT2D eigenvalue weighted by atomic mass is 16.5. The van der Waals surface area contributed by atoms with Gasteiger partial charge >= 0.3 is 0 Å². The summed E-state index contributed by atoms with van der Waals surface area (Å²) in [7, 11) is 1.75. The lowest BCUT2D eigenvalue weighted by atomic mass is 9.86. The molecule has 2 unspecified atom stereocenters. The Kier molecular flexibility index (Phi) is 3.54. The van der Waals surface area contributed by atoms with Gasteiger partial charge in [-0.3, -0.25) is 4.90 Å². The van der Waals surface area contributed by atoms with Crippen LogP contribution in [-0.4, -0.2) is 44.3 Å². The van der Waals surface area contributed by atoms with E-state index in [0.29, 0.717) is 5.41 Å². The maximum Gasteiger partial charge on any atom is 0.127 e. The lowest BCUT2D eigenvalue weighted by Gasteiger charge is -2.23. The molecule has 4 nitrogen and oxygen atoms in total. The number of methoxy groups -OCH3 is 1. The highest BCUT2D eigenvalue weighted by Crippen LogP contribution is 2.40. The summed E-state index contributed by atoms with van der Waals surface area (Å²) in [4.78, 5) is 2.59. The van der Waals surface area contributed by atoms with Gasteiger partial charge in [-0.1, -0.05) is 0 Å². The summed E-state index contributed by atoms with van der Waals surface area (Å²) in [6.07, 6.45) is 3.93. The van der Waals surface area contributed by atoms with Gasteiger partial charge < -0.3 is 14.8 Å². The molecule has 0 saturated carbocycles. The lowest BCUT2D eigenvalue weighted by molar-refractivity contribution is 0.240. The van der Waals surface area contributed by atoms with Crippen LogP contribution in [0, 0.1) is 5.41 Å². The van der Waals surface area contributed by atoms with Crippen LogP contribution in [0.25, 0.3) is 0 Å². The summed E-state index contributed by atoms with van der Waals surface area (Å²) in [5.41, 5.74) is 3.12. The van der Waals surface area contributed by atoms with Crippen LogP contribution in [-0.2, 0) is 13.0 Å². The number of nitrogens with zero attached hydrogens (tertiary/aromatic N) is 1. The fourth-order valence-electron chi connectivity index (χ4n) is 4.36. The van der Waals surface area contributed by atoms with E-state index in [-0.39, 0.29) is 6.10 Å². The molecular weight excluding hydrogens is 276 g/mol. The minimum atomic E-state index is 0.282. The number of rotatable bonds is 3. The second-order valence-electron chi connectivity index (χ2n) is 7.29. The third kappa shape index (κ3) is 2.48. The fraction of sp³-hybridized carbons (Fsp3) is 0.667. The van der Waals surface area contributed by atoms with Crippen LogP contribution in [0.2, 0.25) is 0 Å².